The normalized spacial score (nSPS) is 15.2. The van der Waals surface area contributed by atoms with Crippen molar-refractivity contribution in [1.82, 2.24) is 19.9 Å². The highest BCUT2D eigenvalue weighted by Crippen LogP contribution is 2.26. The molecule has 0 radical (unpaired) electrons. The molecule has 3 aromatic rings. The smallest absolute Gasteiger partial charge is 0.147 e. The number of thiazole rings is 1. The number of anilines is 1. The molecule has 0 spiro atoms. The molecule has 2 aromatic heterocycles. The molecule has 1 aliphatic rings. The van der Waals surface area contributed by atoms with E-state index in [4.69, 9.17) is 9.72 Å². The average molecular weight is 367 g/mol. The maximum atomic E-state index is 5.22. The molecule has 3 heterocycles. The third-order valence-corrected chi connectivity index (χ3v) is 5.46. The summed E-state index contributed by atoms with van der Waals surface area (Å²) < 4.78 is 5.22. The molecule has 0 N–H and O–H groups in total. The van der Waals surface area contributed by atoms with Gasteiger partial charge in [-0.25, -0.2) is 9.97 Å². The molecule has 1 aliphatic heterocycles. The molecule has 0 bridgehead atoms. The number of hydrogen-bond acceptors (Lipinski definition) is 7. The van der Waals surface area contributed by atoms with Gasteiger partial charge < -0.3 is 9.64 Å². The SMILES string of the molecule is COc1ccc(-c2nc(CN3CCN(c4cnccn4)CC3)cs2)cc1. The summed E-state index contributed by atoms with van der Waals surface area (Å²) in [6.45, 7) is 4.83. The second-order valence-electron chi connectivity index (χ2n) is 6.20. The predicted octanol–water partition coefficient (Wildman–Crippen LogP) is 2.93. The summed E-state index contributed by atoms with van der Waals surface area (Å²) in [5, 5.41) is 3.22. The zero-order valence-corrected chi connectivity index (χ0v) is 15.5. The fraction of sp³-hybridized carbons (Fsp3) is 0.316. The van der Waals surface area contributed by atoms with Gasteiger partial charge in [-0.15, -0.1) is 11.3 Å². The molecule has 0 aliphatic carbocycles. The van der Waals surface area contributed by atoms with Gasteiger partial charge >= 0.3 is 0 Å². The van der Waals surface area contributed by atoms with Crippen LogP contribution in [0.15, 0.2) is 48.2 Å². The van der Waals surface area contributed by atoms with E-state index in [9.17, 15) is 0 Å². The van der Waals surface area contributed by atoms with Crippen LogP contribution in [0.3, 0.4) is 0 Å². The first kappa shape index (κ1) is 16.9. The minimum atomic E-state index is 0.867. The molecule has 26 heavy (non-hydrogen) atoms. The summed E-state index contributed by atoms with van der Waals surface area (Å²) >= 11 is 1.69. The highest BCUT2D eigenvalue weighted by molar-refractivity contribution is 7.13. The highest BCUT2D eigenvalue weighted by atomic mass is 32.1. The fourth-order valence-electron chi connectivity index (χ4n) is 3.06. The van der Waals surface area contributed by atoms with Crippen molar-refractivity contribution in [3.63, 3.8) is 0 Å². The quantitative estimate of drug-likeness (QED) is 0.691. The van der Waals surface area contributed by atoms with Crippen molar-refractivity contribution in [2.45, 2.75) is 6.54 Å². The molecule has 1 saturated heterocycles. The van der Waals surface area contributed by atoms with Crippen LogP contribution in [0.4, 0.5) is 5.82 Å². The van der Waals surface area contributed by atoms with Crippen molar-refractivity contribution in [3.05, 3.63) is 53.9 Å². The fourth-order valence-corrected chi connectivity index (χ4v) is 3.88. The van der Waals surface area contributed by atoms with E-state index in [2.05, 4.69) is 37.3 Å². The average Bonchev–Trinajstić information content (AvgIpc) is 3.18. The second kappa shape index (κ2) is 7.80. The standard InChI is InChI=1S/C19H21N5OS/c1-25-17-4-2-15(3-5-17)19-22-16(14-26-19)13-23-8-10-24(11-9-23)18-12-20-6-7-21-18/h2-7,12,14H,8-11,13H2,1H3. The first-order chi connectivity index (χ1) is 12.8. The Kier molecular flexibility index (Phi) is 5.08. The molecule has 4 rings (SSSR count). The Hall–Kier alpha value is -2.51. The number of aromatic nitrogens is 3. The van der Waals surface area contributed by atoms with Gasteiger partial charge in [0.2, 0.25) is 0 Å². The van der Waals surface area contributed by atoms with E-state index in [1.54, 1.807) is 30.8 Å². The molecule has 0 amide bonds. The molecule has 1 fully saturated rings. The van der Waals surface area contributed by atoms with Gasteiger partial charge in [0.1, 0.15) is 16.6 Å². The predicted molar refractivity (Wildman–Crippen MR) is 104 cm³/mol. The van der Waals surface area contributed by atoms with Gasteiger partial charge in [-0.1, -0.05) is 0 Å². The van der Waals surface area contributed by atoms with Crippen LogP contribution in [0.5, 0.6) is 5.75 Å². The maximum absolute atomic E-state index is 5.22. The van der Waals surface area contributed by atoms with Crippen molar-refractivity contribution in [1.29, 1.82) is 0 Å². The highest BCUT2D eigenvalue weighted by Gasteiger charge is 2.19. The van der Waals surface area contributed by atoms with Crippen molar-refractivity contribution in [3.8, 4) is 16.3 Å². The number of nitrogens with zero attached hydrogens (tertiary/aromatic N) is 5. The lowest BCUT2D eigenvalue weighted by Crippen LogP contribution is -2.46. The monoisotopic (exact) mass is 367 g/mol. The van der Waals surface area contributed by atoms with E-state index >= 15 is 0 Å². The molecule has 0 atom stereocenters. The van der Waals surface area contributed by atoms with Crippen LogP contribution in [-0.4, -0.2) is 53.1 Å². The topological polar surface area (TPSA) is 54.4 Å². The van der Waals surface area contributed by atoms with E-state index in [1.807, 2.05) is 18.3 Å². The van der Waals surface area contributed by atoms with E-state index in [1.165, 1.54) is 0 Å². The summed E-state index contributed by atoms with van der Waals surface area (Å²) in [4.78, 5) is 18.1. The lowest BCUT2D eigenvalue weighted by atomic mass is 10.2. The Morgan fingerprint density at radius 2 is 1.88 bits per heavy atom. The van der Waals surface area contributed by atoms with Crippen LogP contribution in [0, 0.1) is 0 Å². The van der Waals surface area contributed by atoms with Crippen LogP contribution in [-0.2, 0) is 6.54 Å². The number of piperazine rings is 1. The Bertz CT molecular complexity index is 829. The molecule has 0 unspecified atom stereocenters. The van der Waals surface area contributed by atoms with E-state index in [0.717, 1.165) is 60.6 Å². The summed E-state index contributed by atoms with van der Waals surface area (Å²) in [6, 6.07) is 8.06. The molecule has 7 heteroatoms. The summed E-state index contributed by atoms with van der Waals surface area (Å²) in [6.07, 6.45) is 5.29. The third-order valence-electron chi connectivity index (χ3n) is 4.52. The Labute approximate surface area is 157 Å². The van der Waals surface area contributed by atoms with Crippen LogP contribution in [0.1, 0.15) is 5.69 Å². The molecular formula is C19H21N5OS. The minimum absolute atomic E-state index is 0.867. The van der Waals surface area contributed by atoms with Gasteiger partial charge in [0, 0.05) is 56.1 Å². The molecule has 1 aromatic carbocycles. The zero-order valence-electron chi connectivity index (χ0n) is 14.7. The van der Waals surface area contributed by atoms with Crippen molar-refractivity contribution >= 4 is 17.2 Å². The Morgan fingerprint density at radius 1 is 1.08 bits per heavy atom. The lowest BCUT2D eigenvalue weighted by Gasteiger charge is -2.34. The van der Waals surface area contributed by atoms with E-state index < -0.39 is 0 Å². The van der Waals surface area contributed by atoms with Crippen LogP contribution < -0.4 is 9.64 Å². The van der Waals surface area contributed by atoms with Crippen molar-refractivity contribution in [2.75, 3.05) is 38.2 Å². The Morgan fingerprint density at radius 3 is 2.58 bits per heavy atom. The van der Waals surface area contributed by atoms with Gasteiger partial charge in [-0.3, -0.25) is 9.88 Å². The van der Waals surface area contributed by atoms with Crippen LogP contribution in [0.2, 0.25) is 0 Å². The van der Waals surface area contributed by atoms with Crippen LogP contribution in [0.25, 0.3) is 10.6 Å². The second-order valence-corrected chi connectivity index (χ2v) is 7.06. The largest absolute Gasteiger partial charge is 0.497 e. The lowest BCUT2D eigenvalue weighted by molar-refractivity contribution is 0.247. The summed E-state index contributed by atoms with van der Waals surface area (Å²) in [5.74, 6) is 1.83. The number of benzene rings is 1. The molecule has 6 nitrogen and oxygen atoms in total. The molecule has 0 saturated carbocycles. The number of rotatable bonds is 5. The number of ether oxygens (including phenoxy) is 1. The maximum Gasteiger partial charge on any atom is 0.147 e. The summed E-state index contributed by atoms with van der Waals surface area (Å²) in [7, 11) is 1.68. The van der Waals surface area contributed by atoms with E-state index in [0.29, 0.717) is 0 Å². The Balaban J connectivity index is 1.35. The minimum Gasteiger partial charge on any atom is -0.497 e. The third kappa shape index (κ3) is 3.84. The van der Waals surface area contributed by atoms with Gasteiger partial charge in [-0.2, -0.15) is 0 Å². The van der Waals surface area contributed by atoms with Gasteiger partial charge in [-0.05, 0) is 24.3 Å². The van der Waals surface area contributed by atoms with Crippen molar-refractivity contribution in [2.24, 2.45) is 0 Å². The molecule has 134 valence electrons. The first-order valence-corrected chi connectivity index (χ1v) is 9.52. The van der Waals surface area contributed by atoms with Gasteiger partial charge in [0.05, 0.1) is 19.0 Å². The summed E-state index contributed by atoms with van der Waals surface area (Å²) in [5.41, 5.74) is 2.27. The zero-order chi connectivity index (χ0) is 17.8. The van der Waals surface area contributed by atoms with Crippen LogP contribution >= 0.6 is 11.3 Å². The molecular weight excluding hydrogens is 346 g/mol. The van der Waals surface area contributed by atoms with Gasteiger partial charge in [0.15, 0.2) is 0 Å². The first-order valence-electron chi connectivity index (χ1n) is 8.64. The van der Waals surface area contributed by atoms with Gasteiger partial charge in [0.25, 0.3) is 0 Å². The van der Waals surface area contributed by atoms with E-state index in [-0.39, 0.29) is 0 Å². The number of hydrogen-bond donors (Lipinski definition) is 0. The van der Waals surface area contributed by atoms with Crippen molar-refractivity contribution < 1.29 is 4.74 Å². The number of methoxy groups -OCH3 is 1.